The first-order valence-electron chi connectivity index (χ1n) is 5.55. The molecule has 0 saturated carbocycles. The molecule has 0 unspecified atom stereocenters. The minimum absolute atomic E-state index is 0.693. The quantitative estimate of drug-likeness (QED) is 0.836. The van der Waals surface area contributed by atoms with Gasteiger partial charge in [0, 0.05) is 5.75 Å². The van der Waals surface area contributed by atoms with Crippen molar-refractivity contribution >= 4 is 45.2 Å². The van der Waals surface area contributed by atoms with Crippen LogP contribution in [0.4, 0.5) is 0 Å². The third kappa shape index (κ3) is 5.42. The molecule has 0 aliphatic rings. The molecular weight excluding hydrogens is 284 g/mol. The molecule has 0 amide bonds. The molecular formula is C13H16O2S3. The van der Waals surface area contributed by atoms with Crippen LogP contribution in [0.3, 0.4) is 0 Å². The van der Waals surface area contributed by atoms with E-state index in [2.05, 4.69) is 12.1 Å². The summed E-state index contributed by atoms with van der Waals surface area (Å²) in [6.45, 7) is 3.34. The first kappa shape index (κ1) is 15.5. The third-order valence-corrected chi connectivity index (χ3v) is 5.01. The maximum Gasteiger partial charge on any atom is 0.319 e. The number of carboxylic acid groups (broad SMARTS) is 1. The zero-order valence-electron chi connectivity index (χ0n) is 10.4. The van der Waals surface area contributed by atoms with E-state index in [-0.39, 0.29) is 0 Å². The molecule has 0 aliphatic heterocycles. The average molecular weight is 300 g/mol. The van der Waals surface area contributed by atoms with Gasteiger partial charge in [-0.1, -0.05) is 54.3 Å². The molecule has 0 bridgehead atoms. The molecule has 2 nitrogen and oxygen atoms in total. The van der Waals surface area contributed by atoms with E-state index in [1.807, 2.05) is 18.2 Å². The number of aliphatic carboxylic acids is 1. The zero-order valence-corrected chi connectivity index (χ0v) is 12.8. The van der Waals surface area contributed by atoms with Crippen LogP contribution in [-0.4, -0.2) is 25.1 Å². The molecule has 18 heavy (non-hydrogen) atoms. The van der Waals surface area contributed by atoms with Gasteiger partial charge in [0.2, 0.25) is 0 Å². The fourth-order valence-electron chi connectivity index (χ4n) is 1.18. The van der Waals surface area contributed by atoms with Gasteiger partial charge in [-0.3, -0.25) is 4.79 Å². The van der Waals surface area contributed by atoms with Gasteiger partial charge in [0.1, 0.15) is 8.28 Å². The maximum absolute atomic E-state index is 11.0. The van der Waals surface area contributed by atoms with Crippen LogP contribution in [0.1, 0.15) is 19.4 Å². The molecule has 0 saturated heterocycles. The van der Waals surface area contributed by atoms with Crippen molar-refractivity contribution in [3.8, 4) is 0 Å². The van der Waals surface area contributed by atoms with Crippen molar-refractivity contribution in [2.45, 2.75) is 25.0 Å². The first-order chi connectivity index (χ1) is 8.42. The number of carbonyl (C=O) groups is 1. The molecule has 0 atom stereocenters. The van der Waals surface area contributed by atoms with Gasteiger partial charge < -0.3 is 5.11 Å². The van der Waals surface area contributed by atoms with Gasteiger partial charge in [-0.2, -0.15) is 0 Å². The summed E-state index contributed by atoms with van der Waals surface area (Å²) in [4.78, 5) is 11.0. The van der Waals surface area contributed by atoms with Crippen LogP contribution in [0.5, 0.6) is 0 Å². The molecule has 0 heterocycles. The average Bonchev–Trinajstić information content (AvgIpc) is 2.29. The van der Waals surface area contributed by atoms with Crippen molar-refractivity contribution in [1.29, 1.82) is 0 Å². The normalized spacial score (nSPS) is 11.2. The summed E-state index contributed by atoms with van der Waals surface area (Å²) >= 11 is 7.99. The lowest BCUT2D eigenvalue weighted by Gasteiger charge is -2.18. The Morgan fingerprint density at radius 3 is 2.50 bits per heavy atom. The van der Waals surface area contributed by atoms with Crippen molar-refractivity contribution in [1.82, 2.24) is 0 Å². The Labute approximate surface area is 122 Å². The summed E-state index contributed by atoms with van der Waals surface area (Å²) in [7, 11) is 0. The molecule has 98 valence electrons. The summed E-state index contributed by atoms with van der Waals surface area (Å²) in [5, 5.41) is 9.00. The second kappa shape index (κ2) is 7.16. The predicted molar refractivity (Wildman–Crippen MR) is 84.5 cm³/mol. The van der Waals surface area contributed by atoms with E-state index < -0.39 is 10.7 Å². The highest BCUT2D eigenvalue weighted by Gasteiger charge is 2.29. The number of benzene rings is 1. The topological polar surface area (TPSA) is 37.3 Å². The lowest BCUT2D eigenvalue weighted by molar-refractivity contribution is -0.138. The van der Waals surface area contributed by atoms with Crippen LogP contribution in [0, 0.1) is 0 Å². The van der Waals surface area contributed by atoms with E-state index in [0.717, 1.165) is 12.2 Å². The van der Waals surface area contributed by atoms with Crippen LogP contribution in [-0.2, 0) is 11.2 Å². The molecule has 0 fully saturated rings. The molecule has 0 aliphatic carbocycles. The largest absolute Gasteiger partial charge is 0.480 e. The lowest BCUT2D eigenvalue weighted by Crippen LogP contribution is -2.28. The monoisotopic (exact) mass is 300 g/mol. The second-order valence-corrected chi connectivity index (χ2v) is 8.17. The summed E-state index contributed by atoms with van der Waals surface area (Å²) in [5.74, 6) is 0.0458. The third-order valence-electron chi connectivity index (χ3n) is 2.31. The van der Waals surface area contributed by atoms with Gasteiger partial charge in [0.15, 0.2) is 0 Å². The van der Waals surface area contributed by atoms with Gasteiger partial charge in [-0.15, -0.1) is 11.8 Å². The van der Waals surface area contributed by atoms with E-state index in [4.69, 9.17) is 17.3 Å². The number of rotatable bonds is 5. The zero-order chi connectivity index (χ0) is 13.6. The van der Waals surface area contributed by atoms with Crippen LogP contribution in [0.25, 0.3) is 0 Å². The Morgan fingerprint density at radius 2 is 1.94 bits per heavy atom. The highest BCUT2D eigenvalue weighted by molar-refractivity contribution is 8.47. The number of thioether (sulfide) groups is 2. The Morgan fingerprint density at radius 1 is 1.33 bits per heavy atom. The first-order valence-corrected chi connectivity index (χ1v) is 7.76. The Kier molecular flexibility index (Phi) is 6.18. The predicted octanol–water partition coefficient (Wildman–Crippen LogP) is 3.84. The van der Waals surface area contributed by atoms with Gasteiger partial charge in [0.25, 0.3) is 0 Å². The van der Waals surface area contributed by atoms with Crippen molar-refractivity contribution in [3.05, 3.63) is 35.9 Å². The fourth-order valence-corrected chi connectivity index (χ4v) is 4.17. The molecule has 1 aromatic carbocycles. The van der Waals surface area contributed by atoms with Gasteiger partial charge in [-0.25, -0.2) is 0 Å². The number of hydrogen-bond acceptors (Lipinski definition) is 4. The molecule has 0 aromatic heterocycles. The lowest BCUT2D eigenvalue weighted by atomic mass is 10.2. The number of carboxylic acids is 1. The van der Waals surface area contributed by atoms with E-state index in [0.29, 0.717) is 3.53 Å². The van der Waals surface area contributed by atoms with E-state index in [1.165, 1.54) is 17.3 Å². The fraction of sp³-hybridized carbons (Fsp3) is 0.385. The molecule has 0 radical (unpaired) electrons. The smallest absolute Gasteiger partial charge is 0.319 e. The summed E-state index contributed by atoms with van der Waals surface area (Å²) < 4.78 is -0.157. The van der Waals surface area contributed by atoms with Gasteiger partial charge in [0.05, 0.1) is 0 Å². The Hall–Kier alpha value is -0.520. The van der Waals surface area contributed by atoms with Crippen LogP contribution in [0.2, 0.25) is 0 Å². The van der Waals surface area contributed by atoms with Crippen LogP contribution in [0.15, 0.2) is 30.3 Å². The Balaban J connectivity index is 2.32. The number of thiocarbonyl (C=S) groups is 1. The van der Waals surface area contributed by atoms with Crippen molar-refractivity contribution in [2.75, 3.05) is 5.75 Å². The van der Waals surface area contributed by atoms with Gasteiger partial charge in [-0.05, 0) is 25.8 Å². The minimum atomic E-state index is -0.850. The molecule has 1 aromatic rings. The standard InChI is InChI=1S/C13H16O2S3/c1-13(2,11(14)15)18-12(16)17-9-8-10-6-4-3-5-7-10/h3-7H,8-9H2,1-2H3,(H,14,15). The Bertz CT molecular complexity index is 416. The van der Waals surface area contributed by atoms with E-state index >= 15 is 0 Å². The van der Waals surface area contributed by atoms with Crippen molar-refractivity contribution in [3.63, 3.8) is 0 Å². The molecule has 5 heteroatoms. The summed E-state index contributed by atoms with van der Waals surface area (Å²) in [6, 6.07) is 10.2. The van der Waals surface area contributed by atoms with Crippen LogP contribution >= 0.6 is 35.7 Å². The number of hydrogen-bond donors (Lipinski definition) is 1. The maximum atomic E-state index is 11.0. The van der Waals surface area contributed by atoms with Gasteiger partial charge >= 0.3 is 5.97 Å². The SMILES string of the molecule is CC(C)(SC(=S)SCCc1ccccc1)C(=O)O. The van der Waals surface area contributed by atoms with Crippen LogP contribution < -0.4 is 0 Å². The van der Waals surface area contributed by atoms with Crippen molar-refractivity contribution in [2.24, 2.45) is 0 Å². The molecule has 0 spiro atoms. The van der Waals surface area contributed by atoms with Crippen molar-refractivity contribution < 1.29 is 9.90 Å². The molecule has 1 N–H and O–H groups in total. The van der Waals surface area contributed by atoms with E-state index in [1.54, 1.807) is 25.6 Å². The summed E-state index contributed by atoms with van der Waals surface area (Å²) in [6.07, 6.45) is 0.944. The minimum Gasteiger partial charge on any atom is -0.480 e. The highest BCUT2D eigenvalue weighted by Crippen LogP contribution is 2.31. The van der Waals surface area contributed by atoms with E-state index in [9.17, 15) is 4.79 Å². The summed E-state index contributed by atoms with van der Waals surface area (Å²) in [5.41, 5.74) is 1.27. The number of aryl methyl sites for hydroxylation is 1. The molecule has 1 rings (SSSR count). The highest BCUT2D eigenvalue weighted by atomic mass is 32.2. The second-order valence-electron chi connectivity index (χ2n) is 4.25.